The molecule has 82 valence electrons. The summed E-state index contributed by atoms with van der Waals surface area (Å²) in [4.78, 5) is 3.21. The van der Waals surface area contributed by atoms with Gasteiger partial charge in [-0.3, -0.25) is 4.90 Å². The standard InChI is InChI=1S/C11H22N2S/c1-9(2)13(8-7-11(12)14)10-5-3-4-6-10/h9-10H,3-8H2,1-2H3,(H2,12,14). The molecule has 1 saturated carbocycles. The topological polar surface area (TPSA) is 29.3 Å². The lowest BCUT2D eigenvalue weighted by Gasteiger charge is -2.32. The highest BCUT2D eigenvalue weighted by Crippen LogP contribution is 2.25. The first-order valence-corrected chi connectivity index (χ1v) is 6.06. The fraction of sp³-hybridized carbons (Fsp3) is 0.909. The van der Waals surface area contributed by atoms with Crippen molar-refractivity contribution in [1.82, 2.24) is 4.90 Å². The van der Waals surface area contributed by atoms with Crippen LogP contribution >= 0.6 is 12.2 Å². The van der Waals surface area contributed by atoms with Gasteiger partial charge in [-0.25, -0.2) is 0 Å². The SMILES string of the molecule is CC(C)N(CCC(N)=S)C1CCCC1. The van der Waals surface area contributed by atoms with Crippen LogP contribution in [0.1, 0.15) is 46.0 Å². The molecule has 1 aliphatic rings. The van der Waals surface area contributed by atoms with Crippen molar-refractivity contribution in [3.63, 3.8) is 0 Å². The van der Waals surface area contributed by atoms with E-state index in [0.717, 1.165) is 19.0 Å². The van der Waals surface area contributed by atoms with Crippen molar-refractivity contribution in [2.24, 2.45) is 5.73 Å². The quantitative estimate of drug-likeness (QED) is 0.712. The predicted molar refractivity (Wildman–Crippen MR) is 65.5 cm³/mol. The van der Waals surface area contributed by atoms with E-state index in [9.17, 15) is 0 Å². The van der Waals surface area contributed by atoms with Gasteiger partial charge < -0.3 is 5.73 Å². The van der Waals surface area contributed by atoms with Gasteiger partial charge in [-0.2, -0.15) is 0 Å². The summed E-state index contributed by atoms with van der Waals surface area (Å²) in [6.45, 7) is 5.56. The normalized spacial score (nSPS) is 18.3. The molecule has 2 nitrogen and oxygen atoms in total. The summed E-state index contributed by atoms with van der Waals surface area (Å²) in [6.07, 6.45) is 6.36. The zero-order chi connectivity index (χ0) is 10.6. The van der Waals surface area contributed by atoms with Crippen LogP contribution in [0.2, 0.25) is 0 Å². The van der Waals surface area contributed by atoms with Gasteiger partial charge in [0.25, 0.3) is 0 Å². The molecule has 0 bridgehead atoms. The van der Waals surface area contributed by atoms with Crippen LogP contribution in [0, 0.1) is 0 Å². The number of hydrogen-bond acceptors (Lipinski definition) is 2. The Bertz CT molecular complexity index is 186. The van der Waals surface area contributed by atoms with Crippen molar-refractivity contribution in [3.8, 4) is 0 Å². The monoisotopic (exact) mass is 214 g/mol. The van der Waals surface area contributed by atoms with Crippen LogP contribution in [0.15, 0.2) is 0 Å². The third kappa shape index (κ3) is 3.54. The number of nitrogens with two attached hydrogens (primary N) is 1. The van der Waals surface area contributed by atoms with E-state index in [0.29, 0.717) is 11.0 Å². The van der Waals surface area contributed by atoms with Gasteiger partial charge in [0, 0.05) is 25.0 Å². The van der Waals surface area contributed by atoms with E-state index < -0.39 is 0 Å². The van der Waals surface area contributed by atoms with E-state index in [1.54, 1.807) is 0 Å². The molecule has 0 unspecified atom stereocenters. The zero-order valence-corrected chi connectivity index (χ0v) is 10.1. The molecule has 0 amide bonds. The fourth-order valence-electron chi connectivity index (χ4n) is 2.34. The summed E-state index contributed by atoms with van der Waals surface area (Å²) in [7, 11) is 0. The van der Waals surface area contributed by atoms with Crippen LogP contribution in [-0.4, -0.2) is 28.5 Å². The Morgan fingerprint density at radius 2 is 2.00 bits per heavy atom. The average Bonchev–Trinajstić information content (AvgIpc) is 2.56. The number of rotatable bonds is 5. The predicted octanol–water partition coefficient (Wildman–Crippen LogP) is 2.32. The van der Waals surface area contributed by atoms with E-state index in [-0.39, 0.29) is 0 Å². The molecule has 0 atom stereocenters. The summed E-state index contributed by atoms with van der Waals surface area (Å²) in [5, 5.41) is 0. The molecular formula is C11H22N2S. The molecule has 1 fully saturated rings. The summed E-state index contributed by atoms with van der Waals surface area (Å²) < 4.78 is 0. The van der Waals surface area contributed by atoms with Gasteiger partial charge >= 0.3 is 0 Å². The van der Waals surface area contributed by atoms with Crippen molar-refractivity contribution < 1.29 is 0 Å². The van der Waals surface area contributed by atoms with Crippen molar-refractivity contribution >= 4 is 17.2 Å². The van der Waals surface area contributed by atoms with Crippen molar-refractivity contribution in [3.05, 3.63) is 0 Å². The maximum atomic E-state index is 5.54. The van der Waals surface area contributed by atoms with E-state index in [1.165, 1.54) is 25.7 Å². The van der Waals surface area contributed by atoms with Gasteiger partial charge in [-0.15, -0.1) is 0 Å². The minimum absolute atomic E-state index is 0.618. The summed E-state index contributed by atoms with van der Waals surface area (Å²) in [6, 6.07) is 1.40. The second-order valence-electron chi connectivity index (χ2n) is 4.49. The van der Waals surface area contributed by atoms with Crippen LogP contribution in [0.5, 0.6) is 0 Å². The Balaban J connectivity index is 2.41. The van der Waals surface area contributed by atoms with Crippen LogP contribution in [0.3, 0.4) is 0 Å². The summed E-state index contributed by atoms with van der Waals surface area (Å²) in [5.41, 5.74) is 5.54. The maximum absolute atomic E-state index is 5.54. The summed E-state index contributed by atoms with van der Waals surface area (Å²) >= 11 is 4.93. The highest BCUT2D eigenvalue weighted by molar-refractivity contribution is 7.80. The van der Waals surface area contributed by atoms with Gasteiger partial charge in [0.05, 0.1) is 4.99 Å². The number of hydrogen-bond donors (Lipinski definition) is 1. The van der Waals surface area contributed by atoms with Gasteiger partial charge in [-0.1, -0.05) is 25.1 Å². The largest absolute Gasteiger partial charge is 0.393 e. The Labute approximate surface area is 92.8 Å². The van der Waals surface area contributed by atoms with Crippen LogP contribution in [0.4, 0.5) is 0 Å². The van der Waals surface area contributed by atoms with Gasteiger partial charge in [-0.05, 0) is 26.7 Å². The molecule has 0 saturated heterocycles. The number of thiocarbonyl (C=S) groups is 1. The molecule has 0 aliphatic heterocycles. The maximum Gasteiger partial charge on any atom is 0.0740 e. The highest BCUT2D eigenvalue weighted by atomic mass is 32.1. The Morgan fingerprint density at radius 3 is 2.43 bits per heavy atom. The van der Waals surface area contributed by atoms with Crippen molar-refractivity contribution in [2.45, 2.75) is 58.0 Å². The molecule has 1 rings (SSSR count). The smallest absolute Gasteiger partial charge is 0.0740 e. The molecule has 3 heteroatoms. The second kappa shape index (κ2) is 5.66. The lowest BCUT2D eigenvalue weighted by atomic mass is 10.1. The molecule has 0 aromatic heterocycles. The second-order valence-corrected chi connectivity index (χ2v) is 5.01. The highest BCUT2D eigenvalue weighted by Gasteiger charge is 2.23. The Kier molecular flexibility index (Phi) is 4.82. The Hall–Kier alpha value is -0.150. The average molecular weight is 214 g/mol. The van der Waals surface area contributed by atoms with Gasteiger partial charge in [0.1, 0.15) is 0 Å². The lowest BCUT2D eigenvalue weighted by Crippen LogP contribution is -2.40. The van der Waals surface area contributed by atoms with Crippen LogP contribution < -0.4 is 5.73 Å². The fourth-order valence-corrected chi connectivity index (χ4v) is 2.43. The van der Waals surface area contributed by atoms with E-state index >= 15 is 0 Å². The lowest BCUT2D eigenvalue weighted by molar-refractivity contribution is 0.160. The van der Waals surface area contributed by atoms with E-state index in [2.05, 4.69) is 18.7 Å². The molecule has 0 spiro atoms. The van der Waals surface area contributed by atoms with Crippen LogP contribution in [0.25, 0.3) is 0 Å². The first kappa shape index (κ1) is 11.9. The minimum atomic E-state index is 0.618. The zero-order valence-electron chi connectivity index (χ0n) is 9.33. The first-order valence-electron chi connectivity index (χ1n) is 5.65. The van der Waals surface area contributed by atoms with Gasteiger partial charge in [0.2, 0.25) is 0 Å². The molecule has 0 radical (unpaired) electrons. The molecule has 1 aliphatic carbocycles. The molecule has 14 heavy (non-hydrogen) atoms. The Morgan fingerprint density at radius 1 is 1.43 bits per heavy atom. The molecule has 2 N–H and O–H groups in total. The van der Waals surface area contributed by atoms with E-state index in [1.807, 2.05) is 0 Å². The molecule has 0 heterocycles. The van der Waals surface area contributed by atoms with Crippen molar-refractivity contribution in [1.29, 1.82) is 0 Å². The van der Waals surface area contributed by atoms with Gasteiger partial charge in [0.15, 0.2) is 0 Å². The third-order valence-electron chi connectivity index (χ3n) is 3.07. The molecule has 0 aromatic carbocycles. The summed E-state index contributed by atoms with van der Waals surface area (Å²) in [5.74, 6) is 0. The first-order chi connectivity index (χ1) is 6.61. The van der Waals surface area contributed by atoms with Crippen LogP contribution in [-0.2, 0) is 0 Å². The van der Waals surface area contributed by atoms with Crippen molar-refractivity contribution in [2.75, 3.05) is 6.54 Å². The number of nitrogens with zero attached hydrogens (tertiary/aromatic N) is 1. The third-order valence-corrected chi connectivity index (χ3v) is 3.28. The minimum Gasteiger partial charge on any atom is -0.393 e. The molecular weight excluding hydrogens is 192 g/mol. The molecule has 0 aromatic rings. The van der Waals surface area contributed by atoms with E-state index in [4.69, 9.17) is 18.0 Å².